The number of carbonyl (C=O) groups excluding carboxylic acids is 2. The number of nitrogens with one attached hydrogen (secondary N) is 1. The Kier molecular flexibility index (Phi) is 10.9. The van der Waals surface area contributed by atoms with Crippen LogP contribution in [0.3, 0.4) is 0 Å². The third-order valence-corrected chi connectivity index (χ3v) is 10.3. The van der Waals surface area contributed by atoms with E-state index in [1.165, 1.54) is 55.3 Å². The summed E-state index contributed by atoms with van der Waals surface area (Å²) in [4.78, 5) is 39.4. The molecule has 240 valence electrons. The van der Waals surface area contributed by atoms with Gasteiger partial charge in [-0.3, -0.25) is 24.0 Å². The zero-order valence-electron chi connectivity index (χ0n) is 25.0. The van der Waals surface area contributed by atoms with Crippen molar-refractivity contribution in [3.8, 4) is 5.75 Å². The van der Waals surface area contributed by atoms with Crippen LogP contribution in [0.5, 0.6) is 5.75 Å². The SMILES string of the molecule is COc1ccc(N(CC(=O)N(Cc2ccc(Cl)c(Cl)c2)C(C)C(=O)NC2CCCC2)S(=O)(=O)c2ccc(C)c([N+](=O)[O-])c2)cc1. The fraction of sp³-hybridized carbons (Fsp3) is 0.355. The normalized spacial score (nSPS) is 14.1. The molecule has 0 aromatic heterocycles. The molecule has 14 heteroatoms. The Balaban J connectivity index is 1.74. The van der Waals surface area contributed by atoms with Crippen LogP contribution in [0.2, 0.25) is 10.0 Å². The molecule has 3 aromatic carbocycles. The van der Waals surface area contributed by atoms with E-state index in [2.05, 4.69) is 5.32 Å². The minimum absolute atomic E-state index is 0.00428. The predicted molar refractivity (Wildman–Crippen MR) is 172 cm³/mol. The second-order valence-electron chi connectivity index (χ2n) is 10.9. The summed E-state index contributed by atoms with van der Waals surface area (Å²) in [6.45, 7) is 2.30. The number of anilines is 1. The maximum Gasteiger partial charge on any atom is 0.273 e. The lowest BCUT2D eigenvalue weighted by molar-refractivity contribution is -0.385. The number of sulfonamides is 1. The van der Waals surface area contributed by atoms with Crippen LogP contribution in [0, 0.1) is 17.0 Å². The predicted octanol–water partition coefficient (Wildman–Crippen LogP) is 5.89. The van der Waals surface area contributed by atoms with Crippen molar-refractivity contribution in [1.82, 2.24) is 10.2 Å². The fourth-order valence-electron chi connectivity index (χ4n) is 5.16. The minimum atomic E-state index is -4.52. The lowest BCUT2D eigenvalue weighted by Crippen LogP contribution is -2.52. The van der Waals surface area contributed by atoms with Gasteiger partial charge in [0.25, 0.3) is 15.7 Å². The minimum Gasteiger partial charge on any atom is -0.497 e. The molecular formula is C31H34Cl2N4O7S. The van der Waals surface area contributed by atoms with Crippen LogP contribution in [0.4, 0.5) is 11.4 Å². The summed E-state index contributed by atoms with van der Waals surface area (Å²) in [6.07, 6.45) is 3.67. The number of ether oxygens (including phenoxy) is 1. The highest BCUT2D eigenvalue weighted by molar-refractivity contribution is 7.92. The van der Waals surface area contributed by atoms with Crippen LogP contribution >= 0.6 is 23.2 Å². The molecule has 3 aromatic rings. The molecular weight excluding hydrogens is 643 g/mol. The lowest BCUT2D eigenvalue weighted by Gasteiger charge is -2.32. The number of aryl methyl sites for hydroxylation is 1. The van der Waals surface area contributed by atoms with E-state index in [9.17, 15) is 28.1 Å². The van der Waals surface area contributed by atoms with E-state index >= 15 is 0 Å². The van der Waals surface area contributed by atoms with Crippen molar-refractivity contribution < 1.29 is 27.7 Å². The van der Waals surface area contributed by atoms with Gasteiger partial charge in [0.15, 0.2) is 0 Å². The van der Waals surface area contributed by atoms with Crippen molar-refractivity contribution >= 4 is 56.4 Å². The highest BCUT2D eigenvalue weighted by atomic mass is 35.5. The summed E-state index contributed by atoms with van der Waals surface area (Å²) >= 11 is 12.3. The largest absolute Gasteiger partial charge is 0.497 e. The van der Waals surface area contributed by atoms with Crippen LogP contribution in [0.1, 0.15) is 43.7 Å². The number of hydrogen-bond donors (Lipinski definition) is 1. The summed E-state index contributed by atoms with van der Waals surface area (Å²) in [5.74, 6) is -0.605. The Morgan fingerprint density at radius 3 is 2.31 bits per heavy atom. The third kappa shape index (κ3) is 8.05. The first-order chi connectivity index (χ1) is 21.3. The molecule has 11 nitrogen and oxygen atoms in total. The number of nitrogens with zero attached hydrogens (tertiary/aromatic N) is 3. The summed E-state index contributed by atoms with van der Waals surface area (Å²) in [6, 6.07) is 13.4. The quantitative estimate of drug-likeness (QED) is 0.186. The molecule has 1 aliphatic carbocycles. The van der Waals surface area contributed by atoms with E-state index in [0.29, 0.717) is 16.3 Å². The van der Waals surface area contributed by atoms with Crippen molar-refractivity contribution in [2.24, 2.45) is 0 Å². The molecule has 1 fully saturated rings. The molecule has 0 bridgehead atoms. The first-order valence-corrected chi connectivity index (χ1v) is 16.5. The Labute approximate surface area is 272 Å². The molecule has 0 aliphatic heterocycles. The topological polar surface area (TPSA) is 139 Å². The molecule has 0 spiro atoms. The summed E-state index contributed by atoms with van der Waals surface area (Å²) in [5.41, 5.74) is 0.590. The number of rotatable bonds is 12. The van der Waals surface area contributed by atoms with E-state index in [1.54, 1.807) is 25.1 Å². The van der Waals surface area contributed by atoms with Gasteiger partial charge in [-0.25, -0.2) is 8.42 Å². The van der Waals surface area contributed by atoms with Crippen LogP contribution in [-0.2, 0) is 26.2 Å². The van der Waals surface area contributed by atoms with E-state index in [1.807, 2.05) is 0 Å². The Morgan fingerprint density at radius 2 is 1.71 bits per heavy atom. The molecule has 45 heavy (non-hydrogen) atoms. The number of hydrogen-bond acceptors (Lipinski definition) is 7. The first-order valence-electron chi connectivity index (χ1n) is 14.3. The third-order valence-electron chi connectivity index (χ3n) is 7.81. The van der Waals surface area contributed by atoms with Gasteiger partial charge < -0.3 is 15.0 Å². The number of carbonyl (C=O) groups is 2. The van der Waals surface area contributed by atoms with E-state index in [-0.39, 0.29) is 45.4 Å². The highest BCUT2D eigenvalue weighted by Crippen LogP contribution is 2.30. The zero-order valence-corrected chi connectivity index (χ0v) is 27.4. The molecule has 2 amide bonds. The maximum atomic E-state index is 14.1. The van der Waals surface area contributed by atoms with Crippen LogP contribution in [-0.4, -0.2) is 55.8 Å². The zero-order chi connectivity index (χ0) is 32.9. The standard InChI is InChI=1S/C31H34Cl2N4O7S/c1-20-8-14-26(17-29(20)37(40)41)45(42,43)36(24-10-12-25(44-3)13-11-24)19-30(38)35(18-22-9-15-27(32)28(33)16-22)21(2)31(39)34-23-6-4-5-7-23/h8-17,21,23H,4-7,18-19H2,1-3H3,(H,34,39). The highest BCUT2D eigenvalue weighted by Gasteiger charge is 2.34. The van der Waals surface area contributed by atoms with Gasteiger partial charge in [-0.05, 0) is 74.7 Å². The van der Waals surface area contributed by atoms with Crippen molar-refractivity contribution in [2.45, 2.75) is 63.1 Å². The lowest BCUT2D eigenvalue weighted by atomic mass is 10.1. The number of halogens is 2. The van der Waals surface area contributed by atoms with Crippen molar-refractivity contribution in [1.29, 1.82) is 0 Å². The summed E-state index contributed by atoms with van der Waals surface area (Å²) < 4.78 is 34.3. The van der Waals surface area contributed by atoms with Gasteiger partial charge in [-0.2, -0.15) is 0 Å². The van der Waals surface area contributed by atoms with Gasteiger partial charge in [-0.1, -0.05) is 48.2 Å². The van der Waals surface area contributed by atoms with Crippen LogP contribution in [0.25, 0.3) is 0 Å². The maximum absolute atomic E-state index is 14.1. The molecule has 1 aliphatic rings. The van der Waals surface area contributed by atoms with Gasteiger partial charge in [0.1, 0.15) is 18.3 Å². The molecule has 1 atom stereocenters. The average Bonchev–Trinajstić information content (AvgIpc) is 3.53. The monoisotopic (exact) mass is 676 g/mol. The average molecular weight is 678 g/mol. The molecule has 1 saturated carbocycles. The second kappa shape index (κ2) is 14.5. The summed E-state index contributed by atoms with van der Waals surface area (Å²) in [7, 11) is -3.07. The number of amides is 2. The molecule has 1 N–H and O–H groups in total. The van der Waals surface area contributed by atoms with Crippen molar-refractivity contribution in [3.63, 3.8) is 0 Å². The Hall–Kier alpha value is -3.87. The Bertz CT molecular complexity index is 1680. The number of methoxy groups -OCH3 is 1. The fourth-order valence-corrected chi connectivity index (χ4v) is 6.92. The smallest absolute Gasteiger partial charge is 0.273 e. The van der Waals surface area contributed by atoms with Crippen molar-refractivity contribution in [2.75, 3.05) is 18.0 Å². The Morgan fingerprint density at radius 1 is 1.04 bits per heavy atom. The first kappa shape index (κ1) is 34.0. The molecule has 1 unspecified atom stereocenters. The summed E-state index contributed by atoms with van der Waals surface area (Å²) in [5, 5.41) is 15.2. The van der Waals surface area contributed by atoms with Gasteiger partial charge in [-0.15, -0.1) is 0 Å². The second-order valence-corrected chi connectivity index (χ2v) is 13.5. The molecule has 0 saturated heterocycles. The molecule has 0 heterocycles. The number of nitro groups is 1. The number of benzene rings is 3. The van der Waals surface area contributed by atoms with Gasteiger partial charge in [0.05, 0.1) is 32.7 Å². The van der Waals surface area contributed by atoms with E-state index < -0.39 is 33.4 Å². The molecule has 4 rings (SSSR count). The number of nitro benzene ring substituents is 1. The van der Waals surface area contributed by atoms with Crippen LogP contribution in [0.15, 0.2) is 65.6 Å². The van der Waals surface area contributed by atoms with E-state index in [4.69, 9.17) is 27.9 Å². The molecule has 0 radical (unpaired) electrons. The van der Waals surface area contributed by atoms with Gasteiger partial charge in [0.2, 0.25) is 11.8 Å². The van der Waals surface area contributed by atoms with E-state index in [0.717, 1.165) is 36.1 Å². The van der Waals surface area contributed by atoms with Gasteiger partial charge >= 0.3 is 0 Å². The van der Waals surface area contributed by atoms with Gasteiger partial charge in [0, 0.05) is 24.2 Å². The van der Waals surface area contributed by atoms with Crippen LogP contribution < -0.4 is 14.4 Å². The van der Waals surface area contributed by atoms with Crippen molar-refractivity contribution in [3.05, 3.63) is 92.0 Å².